The number of likely N-dealkylation sites (N-methyl/N-ethyl adjacent to an activating group) is 1. The molecule has 116 valence electrons. The van der Waals surface area contributed by atoms with Gasteiger partial charge >= 0.3 is 17.9 Å². The van der Waals surface area contributed by atoms with Crippen molar-refractivity contribution in [3.63, 3.8) is 0 Å². The molecule has 0 bridgehead atoms. The van der Waals surface area contributed by atoms with Crippen molar-refractivity contribution in [1.82, 2.24) is 4.90 Å². The lowest BCUT2D eigenvalue weighted by molar-refractivity contribution is -0.152. The number of carboxylic acids is 1. The molecule has 0 amide bonds. The van der Waals surface area contributed by atoms with Crippen LogP contribution in [0.15, 0.2) is 0 Å². The van der Waals surface area contributed by atoms with Gasteiger partial charge in [0.1, 0.15) is 13.2 Å². The first-order chi connectivity index (χ1) is 9.49. The molecule has 0 unspecified atom stereocenters. The van der Waals surface area contributed by atoms with Crippen LogP contribution in [0, 0.1) is 0 Å². The molecule has 0 spiro atoms. The second-order valence-corrected chi connectivity index (χ2v) is 4.20. The topological polar surface area (TPSA) is 93.1 Å². The van der Waals surface area contributed by atoms with E-state index in [1.54, 1.807) is 4.90 Å². The summed E-state index contributed by atoms with van der Waals surface area (Å²) in [5.41, 5.74) is 0. The van der Waals surface area contributed by atoms with Crippen molar-refractivity contribution in [3.8, 4) is 0 Å². The van der Waals surface area contributed by atoms with Crippen LogP contribution in [0.4, 0.5) is 0 Å². The SMILES string of the molecule is CCCC(=O)OCCOC(=O)CCN(CC)CC(=O)O. The fourth-order valence-electron chi connectivity index (χ4n) is 1.45. The zero-order valence-electron chi connectivity index (χ0n) is 12.1. The van der Waals surface area contributed by atoms with E-state index in [0.29, 0.717) is 19.5 Å². The normalized spacial score (nSPS) is 10.3. The Balaban J connectivity index is 3.67. The van der Waals surface area contributed by atoms with E-state index in [0.717, 1.165) is 6.42 Å². The van der Waals surface area contributed by atoms with Gasteiger partial charge in [0, 0.05) is 13.0 Å². The summed E-state index contributed by atoms with van der Waals surface area (Å²) >= 11 is 0. The Hall–Kier alpha value is -1.63. The summed E-state index contributed by atoms with van der Waals surface area (Å²) < 4.78 is 9.71. The number of nitrogens with zero attached hydrogens (tertiary/aromatic N) is 1. The van der Waals surface area contributed by atoms with Gasteiger partial charge in [-0.05, 0) is 13.0 Å². The van der Waals surface area contributed by atoms with Gasteiger partial charge in [0.05, 0.1) is 13.0 Å². The van der Waals surface area contributed by atoms with Gasteiger partial charge in [-0.15, -0.1) is 0 Å². The number of carbonyl (C=O) groups is 3. The molecule has 0 aromatic carbocycles. The van der Waals surface area contributed by atoms with Crippen LogP contribution in [0.1, 0.15) is 33.1 Å². The minimum absolute atomic E-state index is 0.0271. The summed E-state index contributed by atoms with van der Waals surface area (Å²) in [6.07, 6.45) is 1.19. The van der Waals surface area contributed by atoms with Crippen molar-refractivity contribution >= 4 is 17.9 Å². The van der Waals surface area contributed by atoms with E-state index >= 15 is 0 Å². The van der Waals surface area contributed by atoms with Gasteiger partial charge in [0.25, 0.3) is 0 Å². The third-order valence-corrected chi connectivity index (χ3v) is 2.50. The molecule has 1 N–H and O–H groups in total. The molecule has 0 aliphatic rings. The number of carbonyl (C=O) groups excluding carboxylic acids is 2. The van der Waals surface area contributed by atoms with Crippen LogP contribution in [0.3, 0.4) is 0 Å². The molecule has 0 saturated heterocycles. The Morgan fingerprint density at radius 3 is 2.00 bits per heavy atom. The Bertz CT molecular complexity index is 318. The zero-order valence-corrected chi connectivity index (χ0v) is 12.1. The Labute approximate surface area is 118 Å². The highest BCUT2D eigenvalue weighted by molar-refractivity contribution is 5.71. The van der Waals surface area contributed by atoms with Crippen molar-refractivity contribution in [2.75, 3.05) is 32.8 Å². The third-order valence-electron chi connectivity index (χ3n) is 2.50. The van der Waals surface area contributed by atoms with Gasteiger partial charge in [-0.25, -0.2) is 0 Å². The second kappa shape index (κ2) is 11.2. The molecule has 0 radical (unpaired) electrons. The number of hydrogen-bond donors (Lipinski definition) is 1. The molecule has 20 heavy (non-hydrogen) atoms. The maximum Gasteiger partial charge on any atom is 0.317 e. The van der Waals surface area contributed by atoms with E-state index < -0.39 is 11.9 Å². The predicted molar refractivity (Wildman–Crippen MR) is 71.2 cm³/mol. The first-order valence-corrected chi connectivity index (χ1v) is 6.75. The van der Waals surface area contributed by atoms with Crippen LogP contribution in [0.25, 0.3) is 0 Å². The summed E-state index contributed by atoms with van der Waals surface area (Å²) in [7, 11) is 0. The molecule has 0 rings (SSSR count). The van der Waals surface area contributed by atoms with E-state index in [1.807, 2.05) is 13.8 Å². The van der Waals surface area contributed by atoms with Crippen LogP contribution in [-0.4, -0.2) is 60.8 Å². The molecule has 0 fully saturated rings. The fourth-order valence-corrected chi connectivity index (χ4v) is 1.45. The van der Waals surface area contributed by atoms with Gasteiger partial charge < -0.3 is 14.6 Å². The van der Waals surface area contributed by atoms with Crippen molar-refractivity contribution < 1.29 is 29.0 Å². The predicted octanol–water partition coefficient (Wildman–Crippen LogP) is 0.670. The molecule has 0 heterocycles. The van der Waals surface area contributed by atoms with Crippen LogP contribution in [-0.2, 0) is 23.9 Å². The van der Waals surface area contributed by atoms with Crippen molar-refractivity contribution in [1.29, 1.82) is 0 Å². The summed E-state index contributed by atoms with van der Waals surface area (Å²) in [5, 5.41) is 8.64. The van der Waals surface area contributed by atoms with Crippen molar-refractivity contribution in [3.05, 3.63) is 0 Å². The van der Waals surface area contributed by atoms with E-state index in [2.05, 4.69) is 0 Å². The standard InChI is InChI=1S/C13H23NO6/c1-3-5-12(17)19-8-9-20-13(18)6-7-14(4-2)10-11(15)16/h3-10H2,1-2H3,(H,15,16). The van der Waals surface area contributed by atoms with Gasteiger partial charge in [-0.3, -0.25) is 19.3 Å². The molecule has 7 nitrogen and oxygen atoms in total. The average molecular weight is 289 g/mol. The molecule has 0 aromatic heterocycles. The lowest BCUT2D eigenvalue weighted by Crippen LogP contribution is -2.32. The Morgan fingerprint density at radius 1 is 1.00 bits per heavy atom. The molecular formula is C13H23NO6. The van der Waals surface area contributed by atoms with Gasteiger partial charge in [0.15, 0.2) is 0 Å². The minimum Gasteiger partial charge on any atom is -0.480 e. The van der Waals surface area contributed by atoms with Crippen LogP contribution in [0.5, 0.6) is 0 Å². The van der Waals surface area contributed by atoms with Crippen molar-refractivity contribution in [2.24, 2.45) is 0 Å². The number of hydrogen-bond acceptors (Lipinski definition) is 6. The van der Waals surface area contributed by atoms with E-state index in [9.17, 15) is 14.4 Å². The highest BCUT2D eigenvalue weighted by Gasteiger charge is 2.11. The number of rotatable bonds is 11. The molecule has 0 atom stereocenters. The number of aliphatic carboxylic acids is 1. The molecule has 0 aromatic rings. The summed E-state index contributed by atoms with van der Waals surface area (Å²) in [4.78, 5) is 34.6. The van der Waals surface area contributed by atoms with Gasteiger partial charge in [-0.1, -0.05) is 13.8 Å². The molecule has 7 heteroatoms. The summed E-state index contributed by atoms with van der Waals surface area (Å²) in [6.45, 7) is 4.56. The molecule has 0 aliphatic heterocycles. The first-order valence-electron chi connectivity index (χ1n) is 6.75. The monoisotopic (exact) mass is 289 g/mol. The number of carboxylic acid groups (broad SMARTS) is 1. The highest BCUT2D eigenvalue weighted by atomic mass is 16.6. The third kappa shape index (κ3) is 10.3. The van der Waals surface area contributed by atoms with Crippen LogP contribution < -0.4 is 0 Å². The van der Waals surface area contributed by atoms with Crippen LogP contribution in [0.2, 0.25) is 0 Å². The molecule has 0 saturated carbocycles. The van der Waals surface area contributed by atoms with Crippen molar-refractivity contribution in [2.45, 2.75) is 33.1 Å². The smallest absolute Gasteiger partial charge is 0.317 e. The fraction of sp³-hybridized carbons (Fsp3) is 0.769. The lowest BCUT2D eigenvalue weighted by Gasteiger charge is -2.17. The van der Waals surface area contributed by atoms with Crippen LogP contribution >= 0.6 is 0 Å². The molecule has 0 aliphatic carbocycles. The minimum atomic E-state index is -0.928. The molecular weight excluding hydrogens is 266 g/mol. The average Bonchev–Trinajstić information content (AvgIpc) is 2.39. The quantitative estimate of drug-likeness (QED) is 0.441. The van der Waals surface area contributed by atoms with E-state index in [-0.39, 0.29) is 32.1 Å². The maximum atomic E-state index is 11.4. The number of esters is 2. The second-order valence-electron chi connectivity index (χ2n) is 4.20. The van der Waals surface area contributed by atoms with E-state index in [1.165, 1.54) is 0 Å². The van der Waals surface area contributed by atoms with Gasteiger partial charge in [0.2, 0.25) is 0 Å². The Morgan fingerprint density at radius 2 is 1.55 bits per heavy atom. The maximum absolute atomic E-state index is 11.4. The lowest BCUT2D eigenvalue weighted by atomic mass is 10.3. The summed E-state index contributed by atoms with van der Waals surface area (Å²) in [6, 6.07) is 0. The highest BCUT2D eigenvalue weighted by Crippen LogP contribution is 1.95. The Kier molecular flexibility index (Phi) is 10.3. The zero-order chi connectivity index (χ0) is 15.4. The summed E-state index contributed by atoms with van der Waals surface area (Å²) in [5.74, 6) is -1.66. The first kappa shape index (κ1) is 18.4. The number of ether oxygens (including phenoxy) is 2. The largest absolute Gasteiger partial charge is 0.480 e. The van der Waals surface area contributed by atoms with Gasteiger partial charge in [-0.2, -0.15) is 0 Å². The van der Waals surface area contributed by atoms with E-state index in [4.69, 9.17) is 14.6 Å².